The predicted octanol–water partition coefficient (Wildman–Crippen LogP) is 2.61. The van der Waals surface area contributed by atoms with Gasteiger partial charge in [-0.25, -0.2) is 8.42 Å². The SMILES string of the molecule is CC(C)n1nccc1-c1nnc(NC(=O)C2CCCN(S(=O)(=O)c3cccs3)C2)o1. The molecule has 12 heteroatoms. The summed E-state index contributed by atoms with van der Waals surface area (Å²) >= 11 is 1.17. The van der Waals surface area contributed by atoms with Gasteiger partial charge in [0.2, 0.25) is 5.91 Å². The van der Waals surface area contributed by atoms with Crippen LogP contribution in [0, 0.1) is 5.92 Å². The summed E-state index contributed by atoms with van der Waals surface area (Å²) in [4.78, 5) is 12.7. The third-order valence-electron chi connectivity index (χ3n) is 4.88. The van der Waals surface area contributed by atoms with E-state index < -0.39 is 15.9 Å². The van der Waals surface area contributed by atoms with Gasteiger partial charge < -0.3 is 4.42 Å². The first kappa shape index (κ1) is 20.7. The van der Waals surface area contributed by atoms with E-state index in [2.05, 4.69) is 20.6 Å². The van der Waals surface area contributed by atoms with Gasteiger partial charge in [0.25, 0.3) is 15.9 Å². The van der Waals surface area contributed by atoms with Gasteiger partial charge in [-0.15, -0.1) is 16.4 Å². The molecular weight excluding hydrogens is 428 g/mol. The van der Waals surface area contributed by atoms with Crippen molar-refractivity contribution in [3.05, 3.63) is 29.8 Å². The summed E-state index contributed by atoms with van der Waals surface area (Å²) in [6.07, 6.45) is 2.83. The first-order valence-electron chi connectivity index (χ1n) is 9.58. The Balaban J connectivity index is 1.44. The van der Waals surface area contributed by atoms with Crippen molar-refractivity contribution in [2.75, 3.05) is 18.4 Å². The van der Waals surface area contributed by atoms with Gasteiger partial charge in [-0.3, -0.25) is 14.8 Å². The predicted molar refractivity (Wildman–Crippen MR) is 110 cm³/mol. The van der Waals surface area contributed by atoms with E-state index in [0.29, 0.717) is 25.1 Å². The van der Waals surface area contributed by atoms with Gasteiger partial charge in [0.1, 0.15) is 9.90 Å². The third-order valence-corrected chi connectivity index (χ3v) is 8.12. The van der Waals surface area contributed by atoms with E-state index >= 15 is 0 Å². The van der Waals surface area contributed by atoms with Gasteiger partial charge in [-0.1, -0.05) is 11.2 Å². The number of thiophene rings is 1. The van der Waals surface area contributed by atoms with E-state index in [4.69, 9.17) is 4.42 Å². The van der Waals surface area contributed by atoms with Crippen LogP contribution in [0.5, 0.6) is 0 Å². The highest BCUT2D eigenvalue weighted by Gasteiger charge is 2.34. The van der Waals surface area contributed by atoms with Crippen LogP contribution >= 0.6 is 11.3 Å². The lowest BCUT2D eigenvalue weighted by atomic mass is 9.99. The molecule has 1 N–H and O–H groups in total. The van der Waals surface area contributed by atoms with Crippen LogP contribution in [0.2, 0.25) is 0 Å². The number of rotatable bonds is 6. The van der Waals surface area contributed by atoms with Gasteiger partial charge in [-0.2, -0.15) is 9.40 Å². The summed E-state index contributed by atoms with van der Waals surface area (Å²) in [7, 11) is -3.59. The fraction of sp³-hybridized carbons (Fsp3) is 0.444. The summed E-state index contributed by atoms with van der Waals surface area (Å²) in [6, 6.07) is 5.12. The summed E-state index contributed by atoms with van der Waals surface area (Å²) in [5, 5.41) is 16.5. The van der Waals surface area contributed by atoms with Crippen molar-refractivity contribution in [3.63, 3.8) is 0 Å². The van der Waals surface area contributed by atoms with Crippen molar-refractivity contribution >= 4 is 33.3 Å². The molecule has 1 saturated heterocycles. The zero-order valence-electron chi connectivity index (χ0n) is 16.6. The number of piperidine rings is 1. The van der Waals surface area contributed by atoms with Crippen LogP contribution in [0.4, 0.5) is 6.01 Å². The number of nitrogens with zero attached hydrogens (tertiary/aromatic N) is 5. The number of carbonyl (C=O) groups is 1. The smallest absolute Gasteiger partial charge is 0.322 e. The van der Waals surface area contributed by atoms with Crippen LogP contribution < -0.4 is 5.32 Å². The maximum absolute atomic E-state index is 12.8. The van der Waals surface area contributed by atoms with Crippen LogP contribution in [-0.4, -0.2) is 51.7 Å². The Morgan fingerprint density at radius 1 is 1.33 bits per heavy atom. The highest BCUT2D eigenvalue weighted by molar-refractivity contribution is 7.91. The number of hydrogen-bond acceptors (Lipinski definition) is 8. The summed E-state index contributed by atoms with van der Waals surface area (Å²) in [5.41, 5.74) is 0.656. The van der Waals surface area contributed by atoms with Crippen molar-refractivity contribution in [1.29, 1.82) is 0 Å². The molecule has 4 rings (SSSR count). The standard InChI is InChI=1S/C18H22N6O4S2/c1-12(2)24-14(7-8-19-24)17-21-22-18(28-17)20-16(25)13-5-3-9-23(11-13)30(26,27)15-6-4-10-29-15/h4,6-8,10,12-13H,3,5,9,11H2,1-2H3,(H,20,22,25). The lowest BCUT2D eigenvalue weighted by Crippen LogP contribution is -2.43. The second-order valence-electron chi connectivity index (χ2n) is 7.29. The average Bonchev–Trinajstić information content (AvgIpc) is 3.48. The molecule has 0 bridgehead atoms. The van der Waals surface area contributed by atoms with Crippen LogP contribution in [-0.2, 0) is 14.8 Å². The zero-order chi connectivity index (χ0) is 21.3. The first-order chi connectivity index (χ1) is 14.4. The number of hydrogen-bond donors (Lipinski definition) is 1. The van der Waals surface area contributed by atoms with Gasteiger partial charge in [0.15, 0.2) is 0 Å². The molecule has 1 fully saturated rings. The molecular formula is C18H22N6O4S2. The molecule has 0 aliphatic carbocycles. The largest absolute Gasteiger partial charge is 0.401 e. The molecule has 160 valence electrons. The van der Waals surface area contributed by atoms with Crippen molar-refractivity contribution < 1.29 is 17.6 Å². The Labute approximate surface area is 178 Å². The van der Waals surface area contributed by atoms with Crippen molar-refractivity contribution in [2.24, 2.45) is 5.92 Å². The van der Waals surface area contributed by atoms with Gasteiger partial charge >= 0.3 is 6.01 Å². The van der Waals surface area contributed by atoms with Crippen LogP contribution in [0.15, 0.2) is 38.4 Å². The van der Waals surface area contributed by atoms with Gasteiger partial charge in [0.05, 0.1) is 5.92 Å². The lowest BCUT2D eigenvalue weighted by Gasteiger charge is -2.30. The lowest BCUT2D eigenvalue weighted by molar-refractivity contribution is -0.121. The highest BCUT2D eigenvalue weighted by atomic mass is 32.2. The van der Waals surface area contributed by atoms with E-state index in [0.717, 1.165) is 0 Å². The number of aromatic nitrogens is 4. The number of sulfonamides is 1. The van der Waals surface area contributed by atoms with Crippen molar-refractivity contribution in [2.45, 2.75) is 36.9 Å². The first-order valence-corrected chi connectivity index (χ1v) is 11.9. The Bertz CT molecular complexity index is 1120. The van der Waals surface area contributed by atoms with Crippen molar-refractivity contribution in [3.8, 4) is 11.6 Å². The minimum atomic E-state index is -3.59. The second kappa shape index (κ2) is 8.28. The van der Waals surface area contributed by atoms with E-state index in [9.17, 15) is 13.2 Å². The molecule has 1 aliphatic heterocycles. The van der Waals surface area contributed by atoms with E-state index in [1.807, 2.05) is 13.8 Å². The number of carbonyl (C=O) groups excluding carboxylic acids is 1. The monoisotopic (exact) mass is 450 g/mol. The van der Waals surface area contributed by atoms with Crippen LogP contribution in [0.1, 0.15) is 32.7 Å². The minimum absolute atomic E-state index is 0.0234. The number of anilines is 1. The summed E-state index contributed by atoms with van der Waals surface area (Å²) in [5.74, 6) is -0.583. The molecule has 1 unspecified atom stereocenters. The second-order valence-corrected chi connectivity index (χ2v) is 10.4. The van der Waals surface area contributed by atoms with Crippen LogP contribution in [0.3, 0.4) is 0 Å². The fourth-order valence-electron chi connectivity index (χ4n) is 3.39. The molecule has 4 heterocycles. The molecule has 30 heavy (non-hydrogen) atoms. The quantitative estimate of drug-likeness (QED) is 0.612. The molecule has 10 nitrogen and oxygen atoms in total. The van der Waals surface area contributed by atoms with Crippen molar-refractivity contribution in [1.82, 2.24) is 24.3 Å². The Hall–Kier alpha value is -2.57. The zero-order valence-corrected chi connectivity index (χ0v) is 18.2. The van der Waals surface area contributed by atoms with E-state index in [1.165, 1.54) is 15.6 Å². The van der Waals surface area contributed by atoms with E-state index in [-0.39, 0.29) is 34.6 Å². The van der Waals surface area contributed by atoms with Gasteiger partial charge in [0, 0.05) is 25.3 Å². The summed E-state index contributed by atoms with van der Waals surface area (Å²) < 4.78 is 34.5. The third kappa shape index (κ3) is 4.02. The maximum Gasteiger partial charge on any atom is 0.322 e. The molecule has 0 saturated carbocycles. The maximum atomic E-state index is 12.8. The molecule has 0 radical (unpaired) electrons. The van der Waals surface area contributed by atoms with E-state index in [1.54, 1.807) is 34.5 Å². The normalized spacial score (nSPS) is 18.0. The average molecular weight is 451 g/mol. The molecule has 3 aromatic heterocycles. The molecule has 3 aromatic rings. The Kier molecular flexibility index (Phi) is 5.71. The molecule has 0 spiro atoms. The highest BCUT2D eigenvalue weighted by Crippen LogP contribution is 2.27. The fourth-order valence-corrected chi connectivity index (χ4v) is 6.06. The number of amides is 1. The van der Waals surface area contributed by atoms with Crippen LogP contribution in [0.25, 0.3) is 11.6 Å². The summed E-state index contributed by atoms with van der Waals surface area (Å²) in [6.45, 7) is 4.48. The molecule has 1 amide bonds. The topological polar surface area (TPSA) is 123 Å². The molecule has 1 aliphatic rings. The van der Waals surface area contributed by atoms with Gasteiger partial charge in [-0.05, 0) is 44.2 Å². The Morgan fingerprint density at radius 2 is 2.17 bits per heavy atom. The number of nitrogens with one attached hydrogen (secondary N) is 1. The molecule has 1 atom stereocenters. The minimum Gasteiger partial charge on any atom is -0.401 e. The Morgan fingerprint density at radius 3 is 2.90 bits per heavy atom. The molecule has 0 aromatic carbocycles.